The van der Waals surface area contributed by atoms with Crippen molar-refractivity contribution in [1.29, 1.82) is 0 Å². The van der Waals surface area contributed by atoms with Crippen molar-refractivity contribution < 1.29 is 0 Å². The summed E-state index contributed by atoms with van der Waals surface area (Å²) in [5.41, 5.74) is 6.22. The van der Waals surface area contributed by atoms with Crippen molar-refractivity contribution in [2.45, 2.75) is 6.54 Å². The Bertz CT molecular complexity index is 124. The molecule has 0 unspecified atom stereocenters. The first-order valence-corrected chi connectivity index (χ1v) is 2.86. The van der Waals surface area contributed by atoms with Gasteiger partial charge in [0.25, 0.3) is 0 Å². The summed E-state index contributed by atoms with van der Waals surface area (Å²) in [6.07, 6.45) is 0. The molecule has 0 aliphatic rings. The molecular weight excluding hydrogens is 108 g/mol. The van der Waals surface area contributed by atoms with Gasteiger partial charge in [-0.15, -0.1) is 0 Å². The predicted octanol–water partition coefficient (Wildman–Crippen LogP) is 0.602. The molecule has 0 fully saturated rings. The third-order valence-electron chi connectivity index (χ3n) is 0.700. The number of nitrogens with two attached hydrogens (primary N) is 1. The Kier molecular flexibility index (Phi) is 1.38. The van der Waals surface area contributed by atoms with Crippen molar-refractivity contribution in [3.8, 4) is 0 Å². The highest BCUT2D eigenvalue weighted by molar-refractivity contribution is 7.03. The van der Waals surface area contributed by atoms with Crippen LogP contribution in [-0.2, 0) is 6.54 Å². The molecule has 0 radical (unpaired) electrons. The van der Waals surface area contributed by atoms with E-state index in [0.29, 0.717) is 6.54 Å². The molecule has 0 saturated carbocycles. The van der Waals surface area contributed by atoms with E-state index in [1.54, 1.807) is 0 Å². The van der Waals surface area contributed by atoms with Gasteiger partial charge in [-0.25, -0.2) is 0 Å². The summed E-state index contributed by atoms with van der Waals surface area (Å²) < 4.78 is 3.95. The molecule has 38 valence electrons. The zero-order chi connectivity index (χ0) is 5.11. The Labute approximate surface area is 46.1 Å². The summed E-state index contributed by atoms with van der Waals surface area (Å²) in [4.78, 5) is 0. The number of hydrogen-bond acceptors (Lipinski definition) is 3. The van der Waals surface area contributed by atoms with Crippen LogP contribution in [0, 0.1) is 0 Å². The predicted molar refractivity (Wildman–Crippen MR) is 30.0 cm³/mol. The zero-order valence-electron chi connectivity index (χ0n) is 3.79. The van der Waals surface area contributed by atoms with Crippen LogP contribution in [0.1, 0.15) is 5.69 Å². The fraction of sp³-hybridized carbons (Fsp3) is 0.250. The normalized spacial score (nSPS) is 9.29. The molecule has 0 saturated heterocycles. The van der Waals surface area contributed by atoms with E-state index in [9.17, 15) is 0 Å². The minimum Gasteiger partial charge on any atom is -0.325 e. The molecule has 0 amide bonds. The van der Waals surface area contributed by atoms with Crippen LogP contribution in [-0.4, -0.2) is 4.37 Å². The highest BCUT2D eigenvalue weighted by atomic mass is 32.1. The molecule has 1 aromatic rings. The van der Waals surface area contributed by atoms with Crippen molar-refractivity contribution in [2.24, 2.45) is 5.73 Å². The van der Waals surface area contributed by atoms with Crippen LogP contribution in [0.2, 0.25) is 0 Å². The van der Waals surface area contributed by atoms with Crippen molar-refractivity contribution in [3.63, 3.8) is 0 Å². The first-order valence-electron chi connectivity index (χ1n) is 2.03. The average molecular weight is 114 g/mol. The third kappa shape index (κ3) is 0.976. The summed E-state index contributed by atoms with van der Waals surface area (Å²) in [6, 6.07) is 1.92. The van der Waals surface area contributed by atoms with E-state index in [0.717, 1.165) is 5.69 Å². The first kappa shape index (κ1) is 4.74. The summed E-state index contributed by atoms with van der Waals surface area (Å²) in [7, 11) is 0. The Morgan fingerprint density at radius 1 is 1.86 bits per heavy atom. The van der Waals surface area contributed by atoms with Crippen molar-refractivity contribution in [3.05, 3.63) is 17.1 Å². The van der Waals surface area contributed by atoms with Gasteiger partial charge in [0.2, 0.25) is 0 Å². The maximum absolute atomic E-state index is 5.24. The molecular formula is C4H6N2S. The molecule has 2 N–H and O–H groups in total. The van der Waals surface area contributed by atoms with Crippen LogP contribution in [0.3, 0.4) is 0 Å². The van der Waals surface area contributed by atoms with Gasteiger partial charge in [-0.1, -0.05) is 0 Å². The van der Waals surface area contributed by atoms with Crippen molar-refractivity contribution >= 4 is 11.5 Å². The SMILES string of the molecule is NCc1ccsn1. The van der Waals surface area contributed by atoms with Crippen LogP contribution in [0.25, 0.3) is 0 Å². The van der Waals surface area contributed by atoms with Gasteiger partial charge in [0.05, 0.1) is 5.69 Å². The lowest BCUT2D eigenvalue weighted by molar-refractivity contribution is 1.03. The Hall–Kier alpha value is -0.410. The van der Waals surface area contributed by atoms with E-state index in [1.807, 2.05) is 11.4 Å². The maximum atomic E-state index is 5.24. The van der Waals surface area contributed by atoms with Crippen LogP contribution >= 0.6 is 11.5 Å². The highest BCUT2D eigenvalue weighted by Gasteiger charge is 1.84. The van der Waals surface area contributed by atoms with Gasteiger partial charge >= 0.3 is 0 Å². The Morgan fingerprint density at radius 2 is 2.71 bits per heavy atom. The van der Waals surface area contributed by atoms with Crippen LogP contribution < -0.4 is 5.73 Å². The molecule has 0 aromatic carbocycles. The zero-order valence-corrected chi connectivity index (χ0v) is 4.61. The molecule has 3 heteroatoms. The highest BCUT2D eigenvalue weighted by Crippen LogP contribution is 1.95. The minimum atomic E-state index is 0.559. The molecule has 0 aliphatic carbocycles. The van der Waals surface area contributed by atoms with Gasteiger partial charge in [-0.3, -0.25) is 0 Å². The van der Waals surface area contributed by atoms with Crippen LogP contribution in [0.15, 0.2) is 11.4 Å². The molecule has 0 bridgehead atoms. The average Bonchev–Trinajstić information content (AvgIpc) is 2.14. The Balaban J connectivity index is 2.76. The lowest BCUT2D eigenvalue weighted by Gasteiger charge is -1.78. The molecule has 1 heterocycles. The topological polar surface area (TPSA) is 38.9 Å². The van der Waals surface area contributed by atoms with E-state index in [4.69, 9.17) is 5.73 Å². The van der Waals surface area contributed by atoms with Gasteiger partial charge in [0.1, 0.15) is 0 Å². The monoisotopic (exact) mass is 114 g/mol. The van der Waals surface area contributed by atoms with Gasteiger partial charge in [0.15, 0.2) is 0 Å². The molecule has 0 spiro atoms. The summed E-state index contributed by atoms with van der Waals surface area (Å²) >= 11 is 1.43. The van der Waals surface area contributed by atoms with E-state index < -0.39 is 0 Å². The fourth-order valence-electron chi connectivity index (χ4n) is 0.343. The van der Waals surface area contributed by atoms with E-state index in [1.165, 1.54) is 11.5 Å². The van der Waals surface area contributed by atoms with E-state index in [-0.39, 0.29) is 0 Å². The molecule has 1 aromatic heterocycles. The number of rotatable bonds is 1. The largest absolute Gasteiger partial charge is 0.325 e. The van der Waals surface area contributed by atoms with E-state index in [2.05, 4.69) is 4.37 Å². The van der Waals surface area contributed by atoms with Gasteiger partial charge in [-0.05, 0) is 17.6 Å². The number of hydrogen-bond donors (Lipinski definition) is 1. The summed E-state index contributed by atoms with van der Waals surface area (Å²) in [5.74, 6) is 0. The third-order valence-corrected chi connectivity index (χ3v) is 1.30. The molecule has 0 aliphatic heterocycles. The van der Waals surface area contributed by atoms with Crippen molar-refractivity contribution in [1.82, 2.24) is 4.37 Å². The second-order valence-corrected chi connectivity index (χ2v) is 1.86. The molecule has 1 rings (SSSR count). The second-order valence-electron chi connectivity index (χ2n) is 1.19. The van der Waals surface area contributed by atoms with E-state index >= 15 is 0 Å². The minimum absolute atomic E-state index is 0.559. The van der Waals surface area contributed by atoms with Gasteiger partial charge in [0, 0.05) is 11.9 Å². The fourth-order valence-corrected chi connectivity index (χ4v) is 0.892. The maximum Gasteiger partial charge on any atom is 0.0677 e. The van der Waals surface area contributed by atoms with Crippen LogP contribution in [0.4, 0.5) is 0 Å². The lowest BCUT2D eigenvalue weighted by Crippen LogP contribution is -1.94. The summed E-state index contributed by atoms with van der Waals surface area (Å²) in [6.45, 7) is 0.559. The smallest absolute Gasteiger partial charge is 0.0677 e. The number of nitrogens with zero attached hydrogens (tertiary/aromatic N) is 1. The number of aromatic nitrogens is 1. The standard InChI is InChI=1S/C4H6N2S/c5-3-4-1-2-7-6-4/h1-2H,3,5H2. The molecule has 2 nitrogen and oxygen atoms in total. The lowest BCUT2D eigenvalue weighted by atomic mass is 10.5. The van der Waals surface area contributed by atoms with Gasteiger partial charge in [-0.2, -0.15) is 4.37 Å². The van der Waals surface area contributed by atoms with Crippen LogP contribution in [0.5, 0.6) is 0 Å². The first-order chi connectivity index (χ1) is 3.43. The van der Waals surface area contributed by atoms with Crippen molar-refractivity contribution in [2.75, 3.05) is 0 Å². The Morgan fingerprint density at radius 3 is 3.00 bits per heavy atom. The molecule has 0 atom stereocenters. The molecule has 7 heavy (non-hydrogen) atoms. The van der Waals surface area contributed by atoms with Gasteiger partial charge < -0.3 is 5.73 Å². The quantitative estimate of drug-likeness (QED) is 0.580. The second kappa shape index (κ2) is 2.04. The summed E-state index contributed by atoms with van der Waals surface area (Å²) in [5, 5.41) is 1.92.